The number of allylic oxidation sites excluding steroid dienone is 2. The fourth-order valence-corrected chi connectivity index (χ4v) is 4.77. The van der Waals surface area contributed by atoms with Crippen molar-refractivity contribution in [3.05, 3.63) is 95.3 Å². The summed E-state index contributed by atoms with van der Waals surface area (Å²) in [6, 6.07) is 21.8. The Kier molecular flexibility index (Phi) is 7.16. The standard InChI is InChI=1S/C27H34N4O2/c1-21-19-24(20-27(2,29-21)26(32)33)28-13-14-30-15-17-31(18-16-30)25(22-9-5-3-6-10-22)23-11-7-4-8-12-23/h3-12,19-20,25,28-29H,13-18H2,1-2H3,(H,32,33). The summed E-state index contributed by atoms with van der Waals surface area (Å²) in [5.41, 5.74) is 3.31. The second-order valence-corrected chi connectivity index (χ2v) is 9.09. The van der Waals surface area contributed by atoms with Crippen molar-refractivity contribution < 1.29 is 9.90 Å². The third kappa shape index (κ3) is 5.64. The number of carboxylic acid groups (broad SMARTS) is 1. The normalized spacial score (nSPS) is 21.8. The van der Waals surface area contributed by atoms with Crippen LogP contribution in [0.4, 0.5) is 0 Å². The molecule has 0 saturated carbocycles. The third-order valence-electron chi connectivity index (χ3n) is 6.48. The van der Waals surface area contributed by atoms with Crippen LogP contribution in [-0.4, -0.2) is 65.7 Å². The van der Waals surface area contributed by atoms with Gasteiger partial charge in [0.2, 0.25) is 0 Å². The highest BCUT2D eigenvalue weighted by atomic mass is 16.4. The quantitative estimate of drug-likeness (QED) is 0.579. The SMILES string of the molecule is CC1=CC(NCCN2CCN(C(c3ccccc3)c3ccccc3)CC2)=CC(C)(C(=O)O)N1. The minimum atomic E-state index is -1.07. The average Bonchev–Trinajstić information content (AvgIpc) is 2.81. The molecule has 2 aromatic rings. The van der Waals surface area contributed by atoms with Crippen LogP contribution in [0.25, 0.3) is 0 Å². The van der Waals surface area contributed by atoms with Crippen molar-refractivity contribution in [1.82, 2.24) is 20.4 Å². The summed E-state index contributed by atoms with van der Waals surface area (Å²) in [5.74, 6) is -0.878. The molecule has 1 atom stereocenters. The van der Waals surface area contributed by atoms with Gasteiger partial charge in [0.05, 0.1) is 6.04 Å². The largest absolute Gasteiger partial charge is 0.479 e. The highest BCUT2D eigenvalue weighted by Crippen LogP contribution is 2.29. The molecule has 0 bridgehead atoms. The lowest BCUT2D eigenvalue weighted by Crippen LogP contribution is -2.50. The maximum Gasteiger partial charge on any atom is 0.333 e. The van der Waals surface area contributed by atoms with E-state index in [2.05, 4.69) is 81.1 Å². The Morgan fingerprint density at radius 3 is 2.15 bits per heavy atom. The van der Waals surface area contributed by atoms with Crippen LogP contribution in [0, 0.1) is 0 Å². The number of hydrogen-bond donors (Lipinski definition) is 3. The van der Waals surface area contributed by atoms with Gasteiger partial charge in [-0.25, -0.2) is 4.79 Å². The summed E-state index contributed by atoms with van der Waals surface area (Å²) >= 11 is 0. The van der Waals surface area contributed by atoms with Gasteiger partial charge in [0.1, 0.15) is 0 Å². The molecule has 2 aliphatic heterocycles. The number of aliphatic carboxylic acids is 1. The molecule has 1 saturated heterocycles. The van der Waals surface area contributed by atoms with E-state index < -0.39 is 11.5 Å². The van der Waals surface area contributed by atoms with Crippen LogP contribution in [-0.2, 0) is 4.79 Å². The van der Waals surface area contributed by atoms with E-state index in [0.29, 0.717) is 0 Å². The first-order valence-corrected chi connectivity index (χ1v) is 11.7. The molecular weight excluding hydrogens is 412 g/mol. The molecule has 3 N–H and O–H groups in total. The predicted octanol–water partition coefficient (Wildman–Crippen LogP) is 3.22. The Morgan fingerprint density at radius 2 is 1.61 bits per heavy atom. The number of rotatable bonds is 8. The number of benzene rings is 2. The molecule has 0 amide bonds. The molecule has 2 aromatic carbocycles. The number of carbonyl (C=O) groups is 1. The van der Waals surface area contributed by atoms with Gasteiger partial charge in [0, 0.05) is 50.7 Å². The third-order valence-corrected chi connectivity index (χ3v) is 6.48. The van der Waals surface area contributed by atoms with Crippen LogP contribution < -0.4 is 10.6 Å². The van der Waals surface area contributed by atoms with Crippen LogP contribution in [0.1, 0.15) is 31.0 Å². The Morgan fingerprint density at radius 1 is 1.03 bits per heavy atom. The predicted molar refractivity (Wildman–Crippen MR) is 132 cm³/mol. The van der Waals surface area contributed by atoms with Crippen LogP contribution in [0.3, 0.4) is 0 Å². The van der Waals surface area contributed by atoms with Crippen molar-refractivity contribution >= 4 is 5.97 Å². The maximum absolute atomic E-state index is 11.6. The minimum Gasteiger partial charge on any atom is -0.479 e. The molecule has 1 unspecified atom stereocenters. The Labute approximate surface area is 196 Å². The van der Waals surface area contributed by atoms with E-state index in [4.69, 9.17) is 0 Å². The van der Waals surface area contributed by atoms with E-state index in [1.807, 2.05) is 13.0 Å². The van der Waals surface area contributed by atoms with Crippen molar-refractivity contribution in [2.24, 2.45) is 0 Å². The number of piperazine rings is 1. The molecule has 2 aliphatic rings. The van der Waals surface area contributed by atoms with Crippen molar-refractivity contribution in [2.75, 3.05) is 39.3 Å². The van der Waals surface area contributed by atoms with Crippen molar-refractivity contribution in [3.63, 3.8) is 0 Å². The molecule has 6 nitrogen and oxygen atoms in total. The minimum absolute atomic E-state index is 0.273. The zero-order chi connectivity index (χ0) is 23.3. The lowest BCUT2D eigenvalue weighted by Gasteiger charge is -2.40. The van der Waals surface area contributed by atoms with Gasteiger partial charge in [-0.05, 0) is 37.1 Å². The average molecular weight is 447 g/mol. The van der Waals surface area contributed by atoms with Crippen LogP contribution in [0.2, 0.25) is 0 Å². The van der Waals surface area contributed by atoms with Crippen LogP contribution >= 0.6 is 0 Å². The molecule has 0 spiro atoms. The lowest BCUT2D eigenvalue weighted by atomic mass is 9.96. The van der Waals surface area contributed by atoms with Crippen molar-refractivity contribution in [1.29, 1.82) is 0 Å². The van der Waals surface area contributed by atoms with E-state index in [0.717, 1.165) is 50.7 Å². The van der Waals surface area contributed by atoms with Gasteiger partial charge < -0.3 is 15.7 Å². The summed E-state index contributed by atoms with van der Waals surface area (Å²) < 4.78 is 0. The lowest BCUT2D eigenvalue weighted by molar-refractivity contribution is -0.141. The number of carboxylic acids is 1. The molecule has 6 heteroatoms. The molecular formula is C27H34N4O2. The van der Waals surface area contributed by atoms with Crippen molar-refractivity contribution in [2.45, 2.75) is 25.4 Å². The smallest absolute Gasteiger partial charge is 0.333 e. The second kappa shape index (κ2) is 10.2. The van der Waals surface area contributed by atoms with Gasteiger partial charge >= 0.3 is 5.97 Å². The fraction of sp³-hybridized carbons (Fsp3) is 0.370. The zero-order valence-corrected chi connectivity index (χ0v) is 19.5. The van der Waals surface area contributed by atoms with Gasteiger partial charge in [-0.15, -0.1) is 0 Å². The van der Waals surface area contributed by atoms with E-state index >= 15 is 0 Å². The van der Waals surface area contributed by atoms with Gasteiger partial charge in [-0.3, -0.25) is 9.80 Å². The van der Waals surface area contributed by atoms with E-state index in [1.54, 1.807) is 13.0 Å². The summed E-state index contributed by atoms with van der Waals surface area (Å²) in [7, 11) is 0. The molecule has 4 rings (SSSR count). The molecule has 0 aromatic heterocycles. The maximum atomic E-state index is 11.6. The molecule has 0 radical (unpaired) electrons. The number of hydrogen-bond acceptors (Lipinski definition) is 5. The van der Waals surface area contributed by atoms with Gasteiger partial charge in [-0.1, -0.05) is 60.7 Å². The first kappa shape index (κ1) is 23.1. The second-order valence-electron chi connectivity index (χ2n) is 9.09. The fourth-order valence-electron chi connectivity index (χ4n) is 4.77. The first-order valence-electron chi connectivity index (χ1n) is 11.7. The Hall–Kier alpha value is -3.09. The summed E-state index contributed by atoms with van der Waals surface area (Å²) in [6.45, 7) is 9.34. The van der Waals surface area contributed by atoms with Crippen molar-refractivity contribution in [3.8, 4) is 0 Å². The molecule has 33 heavy (non-hydrogen) atoms. The first-order chi connectivity index (χ1) is 15.9. The highest BCUT2D eigenvalue weighted by Gasteiger charge is 2.33. The number of nitrogens with one attached hydrogen (secondary N) is 2. The van der Waals surface area contributed by atoms with E-state index in [1.165, 1.54) is 11.1 Å². The van der Waals surface area contributed by atoms with E-state index in [-0.39, 0.29) is 6.04 Å². The molecule has 2 heterocycles. The monoisotopic (exact) mass is 446 g/mol. The number of nitrogens with zero attached hydrogens (tertiary/aromatic N) is 2. The molecule has 1 fully saturated rings. The van der Waals surface area contributed by atoms with Crippen LogP contribution in [0.15, 0.2) is 84.2 Å². The Balaban J connectivity index is 1.33. The van der Waals surface area contributed by atoms with Gasteiger partial charge in [0.15, 0.2) is 5.54 Å². The topological polar surface area (TPSA) is 67.8 Å². The highest BCUT2D eigenvalue weighted by molar-refractivity contribution is 5.82. The van der Waals surface area contributed by atoms with Gasteiger partial charge in [-0.2, -0.15) is 0 Å². The van der Waals surface area contributed by atoms with Gasteiger partial charge in [0.25, 0.3) is 0 Å². The summed E-state index contributed by atoms with van der Waals surface area (Å²) in [6.07, 6.45) is 3.72. The van der Waals surface area contributed by atoms with E-state index in [9.17, 15) is 9.90 Å². The number of dihydropyridines is 1. The zero-order valence-electron chi connectivity index (χ0n) is 19.5. The summed E-state index contributed by atoms with van der Waals surface area (Å²) in [5, 5.41) is 16.0. The summed E-state index contributed by atoms with van der Waals surface area (Å²) in [4.78, 5) is 16.7. The molecule has 0 aliphatic carbocycles. The molecule has 174 valence electrons. The Bertz CT molecular complexity index is 958. The van der Waals surface area contributed by atoms with Crippen LogP contribution in [0.5, 0.6) is 0 Å².